The van der Waals surface area contributed by atoms with Gasteiger partial charge in [0.1, 0.15) is 18.5 Å². The van der Waals surface area contributed by atoms with E-state index in [2.05, 4.69) is 84.9 Å². The van der Waals surface area contributed by atoms with Gasteiger partial charge in [0.15, 0.2) is 0 Å². The van der Waals surface area contributed by atoms with Crippen LogP contribution in [0.15, 0.2) is 36.4 Å². The predicted octanol–water partition coefficient (Wildman–Crippen LogP) is 7.77. The highest BCUT2D eigenvalue weighted by Gasteiger charge is 2.31. The van der Waals surface area contributed by atoms with Gasteiger partial charge < -0.3 is 9.47 Å². The number of esters is 1. The quantitative estimate of drug-likeness (QED) is 0.332. The Bertz CT molecular complexity index is 938. The minimum absolute atomic E-state index is 0.0330. The third-order valence-electron chi connectivity index (χ3n) is 6.33. The van der Waals surface area contributed by atoms with Gasteiger partial charge in [-0.15, -0.1) is 0 Å². The van der Waals surface area contributed by atoms with Gasteiger partial charge in [-0.3, -0.25) is 4.79 Å². The van der Waals surface area contributed by atoms with Crippen molar-refractivity contribution in [3.63, 3.8) is 0 Å². The molecule has 3 nitrogen and oxygen atoms in total. The monoisotopic (exact) mass is 470 g/mol. The number of aryl methyl sites for hydroxylation is 2. The second kappa shape index (κ2) is 11.5. The second-order valence-corrected chi connectivity index (χ2v) is 11.8. The summed E-state index contributed by atoms with van der Waals surface area (Å²) in [4.78, 5) is 11.1. The van der Waals surface area contributed by atoms with E-state index in [0.29, 0.717) is 6.61 Å². The summed E-state index contributed by atoms with van der Waals surface area (Å²) >= 11 is 1.99. The van der Waals surface area contributed by atoms with E-state index in [-0.39, 0.29) is 22.2 Å². The van der Waals surface area contributed by atoms with Crippen LogP contribution < -0.4 is 4.74 Å². The zero-order valence-electron chi connectivity index (χ0n) is 22.0. The molecule has 182 valence electrons. The van der Waals surface area contributed by atoms with E-state index in [1.54, 1.807) is 0 Å². The summed E-state index contributed by atoms with van der Waals surface area (Å²) in [6, 6.07) is 13.6. The minimum Gasteiger partial charge on any atom is -0.489 e. The van der Waals surface area contributed by atoms with Gasteiger partial charge in [-0.05, 0) is 67.5 Å². The minimum atomic E-state index is -0.285. The van der Waals surface area contributed by atoms with Gasteiger partial charge in [-0.25, -0.2) is 0 Å². The van der Waals surface area contributed by atoms with Crippen molar-refractivity contribution in [2.45, 2.75) is 97.2 Å². The van der Waals surface area contributed by atoms with Crippen molar-refractivity contribution in [1.82, 2.24) is 0 Å². The molecule has 0 amide bonds. The predicted molar refractivity (Wildman–Crippen MR) is 141 cm³/mol. The van der Waals surface area contributed by atoms with Crippen molar-refractivity contribution in [2.24, 2.45) is 0 Å². The maximum atomic E-state index is 11.1. The highest BCUT2D eigenvalue weighted by atomic mass is 32.2. The zero-order valence-corrected chi connectivity index (χ0v) is 22.8. The lowest BCUT2D eigenvalue weighted by Crippen LogP contribution is -2.26. The number of rotatable bonds is 10. The maximum absolute atomic E-state index is 11.1. The van der Waals surface area contributed by atoms with Crippen molar-refractivity contribution >= 4 is 17.7 Å². The SMILES string of the molecule is CCC(CC)(c1ccc(CSC(C)(C)C)c(C)c1)c1ccc(OCC(C)OC(C)=O)c(C)c1. The summed E-state index contributed by atoms with van der Waals surface area (Å²) in [5.74, 6) is 1.59. The molecule has 0 heterocycles. The van der Waals surface area contributed by atoms with Gasteiger partial charge >= 0.3 is 5.97 Å². The van der Waals surface area contributed by atoms with Gasteiger partial charge in [0, 0.05) is 22.8 Å². The van der Waals surface area contributed by atoms with Crippen molar-refractivity contribution in [3.05, 3.63) is 64.2 Å². The fraction of sp³-hybridized carbons (Fsp3) is 0.552. The first-order valence-electron chi connectivity index (χ1n) is 12.1. The van der Waals surface area contributed by atoms with E-state index in [1.165, 1.54) is 29.2 Å². The number of hydrogen-bond acceptors (Lipinski definition) is 4. The standard InChI is InChI=1S/C29H42O3S/c1-10-29(11-2,25-13-12-24(20(3)16-25)19-33-28(7,8)9)26-14-15-27(21(4)17-26)31-18-22(5)32-23(6)30/h12-17,22H,10-11,18-19H2,1-9H3. The first-order chi connectivity index (χ1) is 15.4. The van der Waals surface area contributed by atoms with E-state index in [9.17, 15) is 4.79 Å². The molecule has 0 spiro atoms. The van der Waals surface area contributed by atoms with Crippen LogP contribution in [0.3, 0.4) is 0 Å². The Morgan fingerprint density at radius 1 is 0.970 bits per heavy atom. The van der Waals surface area contributed by atoms with Crippen molar-refractivity contribution < 1.29 is 14.3 Å². The lowest BCUT2D eigenvalue weighted by molar-refractivity contribution is -0.146. The number of benzene rings is 2. The van der Waals surface area contributed by atoms with Crippen LogP contribution in [0.2, 0.25) is 0 Å². The zero-order chi connectivity index (χ0) is 24.8. The highest BCUT2D eigenvalue weighted by molar-refractivity contribution is 7.99. The topological polar surface area (TPSA) is 35.5 Å². The lowest BCUT2D eigenvalue weighted by atomic mass is 9.70. The molecule has 4 heteroatoms. The van der Waals surface area contributed by atoms with Crippen molar-refractivity contribution in [1.29, 1.82) is 0 Å². The van der Waals surface area contributed by atoms with Gasteiger partial charge in [0.05, 0.1) is 0 Å². The highest BCUT2D eigenvalue weighted by Crippen LogP contribution is 2.41. The van der Waals surface area contributed by atoms with Crippen LogP contribution in [0, 0.1) is 13.8 Å². The van der Waals surface area contributed by atoms with Gasteiger partial charge in [0.25, 0.3) is 0 Å². The van der Waals surface area contributed by atoms with Crippen LogP contribution in [-0.4, -0.2) is 23.4 Å². The molecule has 0 aromatic heterocycles. The normalized spacial score (nSPS) is 13.0. The van der Waals surface area contributed by atoms with Gasteiger partial charge in [-0.1, -0.05) is 65.0 Å². The Morgan fingerprint density at radius 2 is 1.55 bits per heavy atom. The summed E-state index contributed by atoms with van der Waals surface area (Å²) in [5, 5.41) is 0. The Hall–Kier alpha value is -1.94. The molecule has 1 atom stereocenters. The Kier molecular flexibility index (Phi) is 9.48. The molecule has 0 radical (unpaired) electrons. The molecule has 1 unspecified atom stereocenters. The number of hydrogen-bond donors (Lipinski definition) is 0. The van der Waals surface area contributed by atoms with Crippen LogP contribution in [0.25, 0.3) is 0 Å². The first-order valence-corrected chi connectivity index (χ1v) is 13.1. The molecular formula is C29H42O3S. The van der Waals surface area contributed by atoms with E-state index in [4.69, 9.17) is 9.47 Å². The summed E-state index contributed by atoms with van der Waals surface area (Å²) in [7, 11) is 0. The van der Waals surface area contributed by atoms with Crippen molar-refractivity contribution in [3.8, 4) is 5.75 Å². The number of carbonyl (C=O) groups is 1. The van der Waals surface area contributed by atoms with Gasteiger partial charge in [-0.2, -0.15) is 11.8 Å². The molecule has 33 heavy (non-hydrogen) atoms. The molecule has 0 saturated carbocycles. The molecular weight excluding hydrogens is 428 g/mol. The number of thioether (sulfide) groups is 1. The van der Waals surface area contributed by atoms with Crippen LogP contribution in [0.1, 0.15) is 89.1 Å². The Balaban J connectivity index is 2.30. The molecule has 0 aliphatic rings. The van der Waals surface area contributed by atoms with Crippen LogP contribution in [0.4, 0.5) is 0 Å². The molecule has 0 aliphatic heterocycles. The van der Waals surface area contributed by atoms with Crippen LogP contribution in [0.5, 0.6) is 5.75 Å². The Morgan fingerprint density at radius 3 is 2.03 bits per heavy atom. The summed E-state index contributed by atoms with van der Waals surface area (Å²) in [6.45, 7) is 19.3. The summed E-state index contributed by atoms with van der Waals surface area (Å²) < 4.78 is 11.4. The molecule has 2 aromatic carbocycles. The average molecular weight is 471 g/mol. The molecule has 0 N–H and O–H groups in total. The third-order valence-corrected chi connectivity index (χ3v) is 7.65. The molecule has 0 fully saturated rings. The molecule has 0 aliphatic carbocycles. The molecule has 2 aromatic rings. The van der Waals surface area contributed by atoms with Gasteiger partial charge in [0.2, 0.25) is 0 Å². The van der Waals surface area contributed by atoms with Crippen LogP contribution in [-0.2, 0) is 20.7 Å². The van der Waals surface area contributed by atoms with E-state index in [1.807, 2.05) is 18.7 Å². The Labute approximate surface area is 205 Å². The first kappa shape index (κ1) is 27.3. The molecule has 2 rings (SSSR count). The van der Waals surface area contributed by atoms with E-state index < -0.39 is 0 Å². The fourth-order valence-electron chi connectivity index (χ4n) is 4.32. The second-order valence-electron chi connectivity index (χ2n) is 10.0. The van der Waals surface area contributed by atoms with Crippen LogP contribution >= 0.6 is 11.8 Å². The largest absolute Gasteiger partial charge is 0.489 e. The summed E-state index contributed by atoms with van der Waals surface area (Å²) in [5.41, 5.74) is 6.55. The van der Waals surface area contributed by atoms with Crippen molar-refractivity contribution in [2.75, 3.05) is 6.61 Å². The average Bonchev–Trinajstić information content (AvgIpc) is 2.72. The summed E-state index contributed by atoms with van der Waals surface area (Å²) in [6.07, 6.45) is 1.79. The lowest BCUT2D eigenvalue weighted by Gasteiger charge is -2.34. The van der Waals surface area contributed by atoms with E-state index >= 15 is 0 Å². The number of ether oxygens (including phenoxy) is 2. The third kappa shape index (κ3) is 7.27. The number of carbonyl (C=O) groups excluding carboxylic acids is 1. The fourth-order valence-corrected chi connectivity index (χ4v) is 5.23. The smallest absolute Gasteiger partial charge is 0.303 e. The van der Waals surface area contributed by atoms with E-state index in [0.717, 1.165) is 29.9 Å². The maximum Gasteiger partial charge on any atom is 0.303 e. The molecule has 0 bridgehead atoms. The molecule has 0 saturated heterocycles.